The molecule has 20 heavy (non-hydrogen) atoms. The predicted octanol–water partition coefficient (Wildman–Crippen LogP) is 4.00. The van der Waals surface area contributed by atoms with Crippen LogP contribution < -0.4 is 0 Å². The second-order valence-corrected chi connectivity index (χ2v) is 9.70. The largest absolute Gasteiger partial charge is 0.244 e. The molecular weight excluding hydrogens is 314 g/mol. The Morgan fingerprint density at radius 2 is 2.05 bits per heavy atom. The van der Waals surface area contributed by atoms with Crippen LogP contribution in [0.3, 0.4) is 0 Å². The summed E-state index contributed by atoms with van der Waals surface area (Å²) in [6.07, 6.45) is 2.92. The summed E-state index contributed by atoms with van der Waals surface area (Å²) in [6.45, 7) is 7.52. The van der Waals surface area contributed by atoms with Crippen LogP contribution in [0.25, 0.3) is 0 Å². The number of sulfonamides is 1. The maximum atomic E-state index is 12.8. The smallest absolute Gasteiger partial charge is 0.207 e. The topological polar surface area (TPSA) is 37.4 Å². The van der Waals surface area contributed by atoms with E-state index in [0.717, 1.165) is 29.0 Å². The fourth-order valence-electron chi connectivity index (χ4n) is 2.62. The molecule has 0 atom stereocenters. The van der Waals surface area contributed by atoms with Crippen molar-refractivity contribution in [3.63, 3.8) is 0 Å². The summed E-state index contributed by atoms with van der Waals surface area (Å²) in [5.41, 5.74) is 0.231. The van der Waals surface area contributed by atoms with Gasteiger partial charge in [-0.1, -0.05) is 13.8 Å². The van der Waals surface area contributed by atoms with E-state index in [-0.39, 0.29) is 5.41 Å². The molecular formula is C14H22ClNO2S2. The number of alkyl halides is 1. The van der Waals surface area contributed by atoms with E-state index in [1.54, 1.807) is 10.4 Å². The molecule has 2 rings (SSSR count). The molecule has 1 aromatic heterocycles. The van der Waals surface area contributed by atoms with Gasteiger partial charge in [0.25, 0.3) is 0 Å². The maximum Gasteiger partial charge on any atom is 0.244 e. The van der Waals surface area contributed by atoms with Crippen LogP contribution in [-0.2, 0) is 15.9 Å². The second-order valence-electron chi connectivity index (χ2n) is 6.19. The first-order chi connectivity index (χ1) is 9.26. The highest BCUT2D eigenvalue weighted by Gasteiger charge is 2.32. The van der Waals surface area contributed by atoms with Gasteiger partial charge in [0.15, 0.2) is 0 Å². The molecule has 1 aliphatic rings. The summed E-state index contributed by atoms with van der Waals surface area (Å²) in [5, 5.41) is 0. The molecule has 0 unspecified atom stereocenters. The van der Waals surface area contributed by atoms with Crippen LogP contribution in [0.4, 0.5) is 0 Å². The fourth-order valence-corrected chi connectivity index (χ4v) is 5.80. The molecule has 1 fully saturated rings. The molecule has 0 saturated carbocycles. The molecule has 2 heterocycles. The average Bonchev–Trinajstić information content (AvgIpc) is 2.64. The zero-order chi connectivity index (χ0) is 15.0. The lowest BCUT2D eigenvalue weighted by Crippen LogP contribution is -2.32. The van der Waals surface area contributed by atoms with Crippen LogP contribution in [0.1, 0.15) is 42.9 Å². The molecule has 3 nitrogen and oxygen atoms in total. The third-order valence-electron chi connectivity index (χ3n) is 3.97. The van der Waals surface area contributed by atoms with Gasteiger partial charge in [-0.3, -0.25) is 0 Å². The van der Waals surface area contributed by atoms with Crippen LogP contribution in [0, 0.1) is 12.3 Å². The van der Waals surface area contributed by atoms with Gasteiger partial charge in [0, 0.05) is 22.8 Å². The molecule has 1 saturated heterocycles. The predicted molar refractivity (Wildman–Crippen MR) is 85.0 cm³/mol. The van der Waals surface area contributed by atoms with E-state index >= 15 is 0 Å². The van der Waals surface area contributed by atoms with E-state index in [9.17, 15) is 8.42 Å². The Morgan fingerprint density at radius 3 is 2.65 bits per heavy atom. The van der Waals surface area contributed by atoms with Crippen molar-refractivity contribution in [1.82, 2.24) is 4.31 Å². The van der Waals surface area contributed by atoms with Gasteiger partial charge in [-0.15, -0.1) is 22.9 Å². The molecule has 0 bridgehead atoms. The number of aryl methyl sites for hydroxylation is 1. The number of nitrogens with zero attached hydrogens (tertiary/aromatic N) is 1. The number of halogens is 1. The summed E-state index contributed by atoms with van der Waals surface area (Å²) >= 11 is 7.29. The summed E-state index contributed by atoms with van der Waals surface area (Å²) in [4.78, 5) is 2.19. The van der Waals surface area contributed by atoms with Crippen molar-refractivity contribution in [3.8, 4) is 0 Å². The lowest BCUT2D eigenvalue weighted by Gasteiger charge is -2.23. The Hall–Kier alpha value is -0.100. The van der Waals surface area contributed by atoms with Gasteiger partial charge in [-0.2, -0.15) is 4.31 Å². The molecule has 6 heteroatoms. The Balaban J connectivity index is 2.28. The van der Waals surface area contributed by atoms with E-state index in [0.29, 0.717) is 23.9 Å². The molecule has 0 spiro atoms. The van der Waals surface area contributed by atoms with Gasteiger partial charge < -0.3 is 0 Å². The minimum atomic E-state index is -3.37. The fraction of sp³-hybridized carbons (Fsp3) is 0.714. The Kier molecular flexibility index (Phi) is 4.84. The monoisotopic (exact) mass is 335 g/mol. The van der Waals surface area contributed by atoms with Gasteiger partial charge in [0.2, 0.25) is 10.0 Å². The summed E-state index contributed by atoms with van der Waals surface area (Å²) < 4.78 is 27.2. The lowest BCUT2D eigenvalue weighted by atomic mass is 9.85. The van der Waals surface area contributed by atoms with Crippen molar-refractivity contribution in [2.75, 3.05) is 13.1 Å². The number of hydrogen-bond donors (Lipinski definition) is 0. The molecule has 0 aliphatic carbocycles. The molecule has 0 N–H and O–H groups in total. The standard InChI is InChI=1S/C14H22ClNO2S2/c1-11-13(9-12(10-15)19-11)20(17,18)16-7-4-5-14(2,3)6-8-16/h9H,4-8,10H2,1-3H3. The summed E-state index contributed by atoms with van der Waals surface area (Å²) in [5.74, 6) is 0.369. The number of hydrogen-bond acceptors (Lipinski definition) is 3. The Labute approximate surface area is 131 Å². The SMILES string of the molecule is Cc1sc(CCl)cc1S(=O)(=O)N1CCCC(C)(C)CC1. The maximum absolute atomic E-state index is 12.8. The summed E-state index contributed by atoms with van der Waals surface area (Å²) in [7, 11) is -3.37. The highest BCUT2D eigenvalue weighted by atomic mass is 35.5. The highest BCUT2D eigenvalue weighted by molar-refractivity contribution is 7.89. The highest BCUT2D eigenvalue weighted by Crippen LogP contribution is 2.34. The molecule has 114 valence electrons. The minimum Gasteiger partial charge on any atom is -0.207 e. The zero-order valence-corrected chi connectivity index (χ0v) is 14.7. The molecule has 0 amide bonds. The third-order valence-corrected chi connectivity index (χ3v) is 7.62. The first-order valence-electron chi connectivity index (χ1n) is 6.92. The molecule has 1 aliphatic heterocycles. The average molecular weight is 336 g/mol. The van der Waals surface area contributed by atoms with Gasteiger partial charge in [-0.25, -0.2) is 8.42 Å². The quantitative estimate of drug-likeness (QED) is 0.783. The van der Waals surface area contributed by atoms with E-state index in [4.69, 9.17) is 11.6 Å². The third kappa shape index (κ3) is 3.38. The Morgan fingerprint density at radius 1 is 1.35 bits per heavy atom. The van der Waals surface area contributed by atoms with Crippen molar-refractivity contribution >= 4 is 33.0 Å². The van der Waals surface area contributed by atoms with E-state index < -0.39 is 10.0 Å². The van der Waals surface area contributed by atoms with Crippen molar-refractivity contribution in [1.29, 1.82) is 0 Å². The second kappa shape index (κ2) is 5.95. The molecule has 1 aromatic rings. The Bertz CT molecular complexity index is 578. The van der Waals surface area contributed by atoms with Crippen molar-refractivity contribution in [3.05, 3.63) is 15.8 Å². The van der Waals surface area contributed by atoms with Gasteiger partial charge in [-0.05, 0) is 37.7 Å². The van der Waals surface area contributed by atoms with Crippen LogP contribution in [0.5, 0.6) is 0 Å². The van der Waals surface area contributed by atoms with Gasteiger partial charge in [0.1, 0.15) is 0 Å². The lowest BCUT2D eigenvalue weighted by molar-refractivity contribution is 0.315. The van der Waals surface area contributed by atoms with Crippen LogP contribution in [0.2, 0.25) is 0 Å². The van der Waals surface area contributed by atoms with Crippen LogP contribution in [-0.4, -0.2) is 25.8 Å². The van der Waals surface area contributed by atoms with Crippen LogP contribution >= 0.6 is 22.9 Å². The van der Waals surface area contributed by atoms with Crippen molar-refractivity contribution in [2.45, 2.75) is 50.8 Å². The van der Waals surface area contributed by atoms with E-state index in [1.165, 1.54) is 11.3 Å². The first-order valence-corrected chi connectivity index (χ1v) is 9.71. The summed E-state index contributed by atoms with van der Waals surface area (Å²) in [6, 6.07) is 1.73. The zero-order valence-electron chi connectivity index (χ0n) is 12.3. The minimum absolute atomic E-state index is 0.231. The van der Waals surface area contributed by atoms with Crippen LogP contribution in [0.15, 0.2) is 11.0 Å². The van der Waals surface area contributed by atoms with Gasteiger partial charge in [0.05, 0.1) is 10.8 Å². The van der Waals surface area contributed by atoms with Crippen molar-refractivity contribution in [2.24, 2.45) is 5.41 Å². The number of rotatable bonds is 3. The first kappa shape index (κ1) is 16.3. The normalized spacial score (nSPS) is 20.8. The van der Waals surface area contributed by atoms with Crippen molar-refractivity contribution < 1.29 is 8.42 Å². The molecule has 0 aromatic carbocycles. The van der Waals surface area contributed by atoms with E-state index in [2.05, 4.69) is 13.8 Å². The molecule has 0 radical (unpaired) electrons. The number of thiophene rings is 1. The van der Waals surface area contributed by atoms with Gasteiger partial charge >= 0.3 is 0 Å². The van der Waals surface area contributed by atoms with E-state index in [1.807, 2.05) is 6.92 Å².